The van der Waals surface area contributed by atoms with Gasteiger partial charge in [-0.25, -0.2) is 9.79 Å². The maximum absolute atomic E-state index is 12.3. The molecule has 0 fully saturated rings. The zero-order chi connectivity index (χ0) is 23.4. The Morgan fingerprint density at radius 2 is 1.76 bits per heavy atom. The van der Waals surface area contributed by atoms with Crippen molar-refractivity contribution >= 4 is 68.8 Å². The summed E-state index contributed by atoms with van der Waals surface area (Å²) in [4.78, 5) is 27.1. The Kier molecular flexibility index (Phi) is 7.38. The van der Waals surface area contributed by atoms with Gasteiger partial charge >= 0.3 is 5.97 Å². The van der Waals surface area contributed by atoms with Gasteiger partial charge in [-0.2, -0.15) is 0 Å². The van der Waals surface area contributed by atoms with Crippen LogP contribution in [0.3, 0.4) is 0 Å². The van der Waals surface area contributed by atoms with Crippen LogP contribution >= 0.6 is 45.2 Å². The summed E-state index contributed by atoms with van der Waals surface area (Å²) in [5.41, 5.74) is 2.37. The molecule has 7 nitrogen and oxygen atoms in total. The lowest BCUT2D eigenvalue weighted by molar-refractivity contribution is -0.384. The van der Waals surface area contributed by atoms with Crippen molar-refractivity contribution < 1.29 is 19.2 Å². The first-order valence-corrected chi connectivity index (χ1v) is 12.0. The highest BCUT2D eigenvalue weighted by molar-refractivity contribution is 14.1. The topological polar surface area (TPSA) is 91.0 Å². The summed E-state index contributed by atoms with van der Waals surface area (Å²) in [7, 11) is 0. The van der Waals surface area contributed by atoms with E-state index >= 15 is 0 Å². The molecule has 0 aromatic heterocycles. The number of esters is 1. The second-order valence-electron chi connectivity index (χ2n) is 7.04. The van der Waals surface area contributed by atoms with Crippen molar-refractivity contribution in [1.29, 1.82) is 0 Å². The molecule has 0 bridgehead atoms. The molecular formula is C24H16I2N2O5. The monoisotopic (exact) mass is 666 g/mol. The smallest absolute Gasteiger partial charge is 0.363 e. The summed E-state index contributed by atoms with van der Waals surface area (Å²) in [6, 6.07) is 19.8. The molecule has 33 heavy (non-hydrogen) atoms. The molecule has 1 aliphatic heterocycles. The number of rotatable bonds is 7. The number of hydrogen-bond acceptors (Lipinski definition) is 6. The minimum Gasteiger partial charge on any atom is -0.491 e. The Morgan fingerprint density at radius 1 is 1.03 bits per heavy atom. The number of nitro benzene ring substituents is 1. The van der Waals surface area contributed by atoms with Gasteiger partial charge in [-0.3, -0.25) is 10.1 Å². The molecule has 0 amide bonds. The Labute approximate surface area is 217 Å². The summed E-state index contributed by atoms with van der Waals surface area (Å²) in [6.07, 6.45) is 2.44. The van der Waals surface area contributed by atoms with Gasteiger partial charge in [-0.05, 0) is 80.6 Å². The highest BCUT2D eigenvalue weighted by atomic mass is 127. The standard InChI is InChI=1S/C24H16I2N2O5/c25-19-11-16(12-20(26)22(19)32-10-9-15-5-2-1-3-6-15)13-21-24(29)33-23(27-21)17-7-4-8-18(14-17)28(30)31/h1-8,11-14H,9-10H2/b21-13-. The molecule has 0 spiro atoms. The van der Waals surface area contributed by atoms with Crippen molar-refractivity contribution in [1.82, 2.24) is 0 Å². The Morgan fingerprint density at radius 3 is 2.45 bits per heavy atom. The lowest BCUT2D eigenvalue weighted by Gasteiger charge is -2.11. The molecule has 0 N–H and O–H groups in total. The molecule has 9 heteroatoms. The van der Waals surface area contributed by atoms with Crippen LogP contribution in [0.4, 0.5) is 5.69 Å². The third kappa shape index (κ3) is 5.77. The first-order valence-electron chi connectivity index (χ1n) is 9.84. The van der Waals surface area contributed by atoms with Gasteiger partial charge in [0.1, 0.15) is 5.75 Å². The van der Waals surface area contributed by atoms with Crippen LogP contribution < -0.4 is 4.74 Å². The molecule has 3 aromatic rings. The van der Waals surface area contributed by atoms with Crippen LogP contribution in [0, 0.1) is 17.3 Å². The molecule has 4 rings (SSSR count). The number of carbonyl (C=O) groups excluding carboxylic acids is 1. The zero-order valence-corrected chi connectivity index (χ0v) is 21.3. The van der Waals surface area contributed by atoms with Gasteiger partial charge in [0.2, 0.25) is 5.90 Å². The minimum absolute atomic E-state index is 0.0419. The van der Waals surface area contributed by atoms with Crippen molar-refractivity contribution in [3.8, 4) is 5.75 Å². The van der Waals surface area contributed by atoms with E-state index in [4.69, 9.17) is 9.47 Å². The Balaban J connectivity index is 1.52. The van der Waals surface area contributed by atoms with E-state index in [2.05, 4.69) is 62.3 Å². The average Bonchev–Trinajstić information content (AvgIpc) is 3.16. The fourth-order valence-electron chi connectivity index (χ4n) is 3.16. The van der Waals surface area contributed by atoms with E-state index in [0.29, 0.717) is 12.2 Å². The molecule has 166 valence electrons. The highest BCUT2D eigenvalue weighted by Crippen LogP contribution is 2.31. The Bertz CT molecular complexity index is 1270. The van der Waals surface area contributed by atoms with Gasteiger partial charge in [0.25, 0.3) is 5.69 Å². The Hall–Kier alpha value is -2.80. The van der Waals surface area contributed by atoms with E-state index < -0.39 is 10.9 Å². The number of cyclic esters (lactones) is 1. The summed E-state index contributed by atoms with van der Waals surface area (Å²) in [6.45, 7) is 0.555. The van der Waals surface area contributed by atoms with Gasteiger partial charge in [-0.15, -0.1) is 0 Å². The van der Waals surface area contributed by atoms with E-state index in [1.165, 1.54) is 23.8 Å². The average molecular weight is 666 g/mol. The van der Waals surface area contributed by atoms with Crippen LogP contribution in [0.2, 0.25) is 0 Å². The van der Waals surface area contributed by atoms with Crippen LogP contribution in [0.15, 0.2) is 77.4 Å². The van der Waals surface area contributed by atoms with E-state index in [0.717, 1.165) is 24.9 Å². The van der Waals surface area contributed by atoms with Gasteiger partial charge in [0.05, 0.1) is 18.7 Å². The van der Waals surface area contributed by atoms with Crippen molar-refractivity contribution in [2.45, 2.75) is 6.42 Å². The van der Waals surface area contributed by atoms with Crippen molar-refractivity contribution in [2.24, 2.45) is 4.99 Å². The number of ether oxygens (including phenoxy) is 2. The SMILES string of the molecule is O=C1OC(c2cccc([N+](=O)[O-])c2)=N/C1=C\c1cc(I)c(OCCc2ccccc2)c(I)c1. The maximum Gasteiger partial charge on any atom is 0.363 e. The van der Waals surface area contributed by atoms with Crippen LogP contribution in [-0.4, -0.2) is 23.4 Å². The van der Waals surface area contributed by atoms with E-state index in [1.807, 2.05) is 30.3 Å². The maximum atomic E-state index is 12.3. The molecule has 3 aromatic carbocycles. The number of nitrogens with zero attached hydrogens (tertiary/aromatic N) is 2. The van der Waals surface area contributed by atoms with E-state index in [1.54, 1.807) is 12.1 Å². The van der Waals surface area contributed by atoms with Crippen LogP contribution in [0.5, 0.6) is 5.75 Å². The van der Waals surface area contributed by atoms with Crippen LogP contribution in [0.25, 0.3) is 6.08 Å². The van der Waals surface area contributed by atoms with Crippen molar-refractivity contribution in [2.75, 3.05) is 6.61 Å². The summed E-state index contributed by atoms with van der Waals surface area (Å²) >= 11 is 4.41. The number of hydrogen-bond donors (Lipinski definition) is 0. The van der Waals surface area contributed by atoms with Crippen molar-refractivity contribution in [3.05, 3.63) is 106 Å². The largest absolute Gasteiger partial charge is 0.491 e. The second-order valence-corrected chi connectivity index (χ2v) is 9.37. The van der Waals surface area contributed by atoms with Gasteiger partial charge in [-0.1, -0.05) is 36.4 Å². The zero-order valence-electron chi connectivity index (χ0n) is 17.0. The summed E-state index contributed by atoms with van der Waals surface area (Å²) < 4.78 is 13.1. The predicted molar refractivity (Wildman–Crippen MR) is 141 cm³/mol. The normalized spacial score (nSPS) is 14.2. The molecule has 0 radical (unpaired) electrons. The number of aliphatic imine (C=N–C) groups is 1. The number of carbonyl (C=O) groups is 1. The van der Waals surface area contributed by atoms with Gasteiger partial charge in [0.15, 0.2) is 5.70 Å². The first-order chi connectivity index (χ1) is 15.9. The lowest BCUT2D eigenvalue weighted by Crippen LogP contribution is -2.06. The lowest BCUT2D eigenvalue weighted by atomic mass is 10.1. The number of halogens is 2. The minimum atomic E-state index is -0.607. The number of benzene rings is 3. The third-order valence-corrected chi connectivity index (χ3v) is 6.33. The molecule has 0 saturated heterocycles. The fraction of sp³-hybridized carbons (Fsp3) is 0.0833. The first kappa shape index (κ1) is 23.4. The molecule has 0 unspecified atom stereocenters. The molecule has 1 heterocycles. The van der Waals surface area contributed by atoms with E-state index in [9.17, 15) is 14.9 Å². The highest BCUT2D eigenvalue weighted by Gasteiger charge is 2.25. The summed E-state index contributed by atoms with van der Waals surface area (Å²) in [5.74, 6) is 0.231. The predicted octanol–water partition coefficient (Wildman–Crippen LogP) is 5.77. The van der Waals surface area contributed by atoms with E-state index in [-0.39, 0.29) is 17.3 Å². The molecule has 0 aliphatic carbocycles. The molecule has 0 atom stereocenters. The number of non-ortho nitro benzene ring substituents is 1. The van der Waals surface area contributed by atoms with Crippen LogP contribution in [-0.2, 0) is 16.0 Å². The fourth-order valence-corrected chi connectivity index (χ4v) is 5.29. The second kappa shape index (κ2) is 10.4. The third-order valence-electron chi connectivity index (χ3n) is 4.73. The quantitative estimate of drug-likeness (QED) is 0.105. The molecule has 1 aliphatic rings. The van der Waals surface area contributed by atoms with Gasteiger partial charge < -0.3 is 9.47 Å². The number of nitro groups is 1. The summed E-state index contributed by atoms with van der Waals surface area (Å²) in [5, 5.41) is 11.0. The van der Waals surface area contributed by atoms with Crippen molar-refractivity contribution in [3.63, 3.8) is 0 Å². The molecular weight excluding hydrogens is 650 g/mol. The van der Waals surface area contributed by atoms with Gasteiger partial charge in [0, 0.05) is 24.1 Å². The van der Waals surface area contributed by atoms with Crippen LogP contribution in [0.1, 0.15) is 16.7 Å². The molecule has 0 saturated carbocycles.